The third-order valence-corrected chi connectivity index (χ3v) is 7.67. The van der Waals surface area contributed by atoms with Crippen LogP contribution in [-0.4, -0.2) is 42.5 Å². The van der Waals surface area contributed by atoms with Gasteiger partial charge in [-0.3, -0.25) is 9.59 Å². The van der Waals surface area contributed by atoms with Crippen LogP contribution < -0.4 is 14.8 Å². The number of nitrogens with zero attached hydrogens (tertiary/aromatic N) is 1. The Morgan fingerprint density at radius 2 is 1.66 bits per heavy atom. The van der Waals surface area contributed by atoms with E-state index in [1.807, 2.05) is 55.1 Å². The van der Waals surface area contributed by atoms with E-state index in [9.17, 15) is 9.59 Å². The summed E-state index contributed by atoms with van der Waals surface area (Å²) in [4.78, 5) is 29.5. The number of carbonyl (C=O) groups is 2. The van der Waals surface area contributed by atoms with Crippen molar-refractivity contribution < 1.29 is 19.1 Å². The molecule has 0 unspecified atom stereocenters. The maximum Gasteiger partial charge on any atom is 0.254 e. The van der Waals surface area contributed by atoms with Crippen LogP contribution in [0.15, 0.2) is 36.4 Å². The van der Waals surface area contributed by atoms with Crippen LogP contribution in [0.2, 0.25) is 0 Å². The lowest BCUT2D eigenvalue weighted by Crippen LogP contribution is -2.51. The van der Waals surface area contributed by atoms with Crippen LogP contribution in [0.1, 0.15) is 91.4 Å². The Morgan fingerprint density at radius 1 is 0.971 bits per heavy atom. The van der Waals surface area contributed by atoms with Gasteiger partial charge in [0.1, 0.15) is 0 Å². The molecule has 3 aliphatic rings. The van der Waals surface area contributed by atoms with Gasteiger partial charge in [-0.25, -0.2) is 0 Å². The van der Waals surface area contributed by atoms with Crippen molar-refractivity contribution in [1.29, 1.82) is 0 Å². The first-order valence-corrected chi connectivity index (χ1v) is 13.2. The molecule has 1 fully saturated rings. The van der Waals surface area contributed by atoms with E-state index >= 15 is 0 Å². The van der Waals surface area contributed by atoms with E-state index in [2.05, 4.69) is 5.32 Å². The highest BCUT2D eigenvalue weighted by atomic mass is 16.5. The van der Waals surface area contributed by atoms with Crippen molar-refractivity contribution in [3.05, 3.63) is 58.7 Å². The predicted molar refractivity (Wildman–Crippen MR) is 135 cm³/mol. The molecule has 2 amide bonds. The first kappa shape index (κ1) is 23.7. The van der Waals surface area contributed by atoms with Crippen LogP contribution >= 0.6 is 0 Å². The summed E-state index contributed by atoms with van der Waals surface area (Å²) in [5, 5.41) is 3.39. The van der Waals surface area contributed by atoms with E-state index in [0.29, 0.717) is 31.1 Å². The van der Waals surface area contributed by atoms with Crippen molar-refractivity contribution in [3.63, 3.8) is 0 Å². The molecule has 5 rings (SSSR count). The Balaban J connectivity index is 1.59. The van der Waals surface area contributed by atoms with Crippen molar-refractivity contribution in [3.8, 4) is 11.5 Å². The number of carbonyl (C=O) groups excluding carboxylic acids is 2. The maximum absolute atomic E-state index is 14.0. The number of hydrogen-bond acceptors (Lipinski definition) is 4. The lowest BCUT2D eigenvalue weighted by molar-refractivity contribution is -0.125. The molecule has 186 valence electrons. The van der Waals surface area contributed by atoms with Gasteiger partial charge in [0.15, 0.2) is 11.5 Å². The highest BCUT2D eigenvalue weighted by Crippen LogP contribution is 2.48. The van der Waals surface area contributed by atoms with Crippen LogP contribution in [0.25, 0.3) is 0 Å². The Morgan fingerprint density at radius 3 is 2.37 bits per heavy atom. The molecule has 0 bridgehead atoms. The standard InChI is InChI=1S/C29H36N2O4/c1-3-34-24-17-19-15-16-31-27(23(19)18-25(24)35-4-2)26(21-13-9-10-14-22(21)29(31)33)28(32)30-20-11-7-5-6-8-12-20/h9-10,13-14,17-18,20,26-27H,3-8,11-12,15-16H2,1-2H3,(H,30,32)/t26-,27-/m0/s1. The number of rotatable bonds is 6. The van der Waals surface area contributed by atoms with Gasteiger partial charge in [-0.05, 0) is 68.0 Å². The van der Waals surface area contributed by atoms with Gasteiger partial charge in [-0.15, -0.1) is 0 Å². The normalized spacial score (nSPS) is 21.9. The zero-order valence-electron chi connectivity index (χ0n) is 20.8. The number of benzene rings is 2. The highest BCUT2D eigenvalue weighted by molar-refractivity contribution is 6.01. The van der Waals surface area contributed by atoms with Gasteiger partial charge in [0, 0.05) is 18.2 Å². The summed E-state index contributed by atoms with van der Waals surface area (Å²) >= 11 is 0. The molecule has 6 nitrogen and oxygen atoms in total. The summed E-state index contributed by atoms with van der Waals surface area (Å²) in [6, 6.07) is 11.5. The Labute approximate surface area is 208 Å². The van der Waals surface area contributed by atoms with E-state index in [1.165, 1.54) is 12.8 Å². The molecule has 0 saturated heterocycles. The molecule has 35 heavy (non-hydrogen) atoms. The molecule has 2 heterocycles. The summed E-state index contributed by atoms with van der Waals surface area (Å²) in [5.41, 5.74) is 3.58. The van der Waals surface area contributed by atoms with Crippen molar-refractivity contribution in [2.75, 3.05) is 19.8 Å². The monoisotopic (exact) mass is 476 g/mol. The van der Waals surface area contributed by atoms with E-state index in [0.717, 1.165) is 54.5 Å². The fraction of sp³-hybridized carbons (Fsp3) is 0.517. The molecular formula is C29H36N2O4. The van der Waals surface area contributed by atoms with Crippen LogP contribution in [0, 0.1) is 0 Å². The number of hydrogen-bond donors (Lipinski definition) is 1. The topological polar surface area (TPSA) is 67.9 Å². The molecule has 1 saturated carbocycles. The van der Waals surface area contributed by atoms with Gasteiger partial charge >= 0.3 is 0 Å². The smallest absolute Gasteiger partial charge is 0.254 e. The van der Waals surface area contributed by atoms with Crippen molar-refractivity contribution in [2.24, 2.45) is 0 Å². The molecule has 0 spiro atoms. The van der Waals surface area contributed by atoms with Crippen LogP contribution in [0.4, 0.5) is 0 Å². The Hall–Kier alpha value is -3.02. The fourth-order valence-corrected chi connectivity index (χ4v) is 6.07. The molecule has 2 aromatic carbocycles. The second kappa shape index (κ2) is 10.3. The van der Waals surface area contributed by atoms with E-state index in [-0.39, 0.29) is 23.9 Å². The number of amides is 2. The molecular weight excluding hydrogens is 440 g/mol. The third-order valence-electron chi connectivity index (χ3n) is 7.67. The SMILES string of the molecule is CCOc1cc2c(cc1OCC)[C@H]1[C@@H](C(=O)NC3CCCCCC3)c3ccccc3C(=O)N1CC2. The number of fused-ring (bicyclic) bond motifs is 4. The van der Waals surface area contributed by atoms with E-state index in [1.54, 1.807) is 0 Å². The quantitative estimate of drug-likeness (QED) is 0.585. The second-order valence-corrected chi connectivity index (χ2v) is 9.82. The van der Waals surface area contributed by atoms with Gasteiger partial charge in [0.25, 0.3) is 5.91 Å². The summed E-state index contributed by atoms with van der Waals surface area (Å²) in [6.45, 7) is 5.55. The first-order chi connectivity index (χ1) is 17.1. The molecule has 0 radical (unpaired) electrons. The predicted octanol–water partition coefficient (Wildman–Crippen LogP) is 5.16. The first-order valence-electron chi connectivity index (χ1n) is 13.2. The molecule has 2 atom stereocenters. The average Bonchev–Trinajstić information content (AvgIpc) is 3.13. The molecule has 1 N–H and O–H groups in total. The van der Waals surface area contributed by atoms with Crippen LogP contribution in [0.5, 0.6) is 11.5 Å². The Kier molecular flexibility index (Phi) is 6.98. The van der Waals surface area contributed by atoms with Crippen molar-refractivity contribution >= 4 is 11.8 Å². The molecule has 2 aliphatic heterocycles. The molecule has 6 heteroatoms. The Bertz CT molecular complexity index is 1090. The minimum Gasteiger partial charge on any atom is -0.490 e. The molecule has 2 aromatic rings. The maximum atomic E-state index is 14.0. The minimum absolute atomic E-state index is 0.00149. The van der Waals surface area contributed by atoms with Crippen molar-refractivity contribution in [1.82, 2.24) is 10.2 Å². The summed E-state index contributed by atoms with van der Waals surface area (Å²) in [6.07, 6.45) is 7.55. The third kappa shape index (κ3) is 4.51. The van der Waals surface area contributed by atoms with Gasteiger partial charge in [0.05, 0.1) is 25.2 Å². The fourth-order valence-electron chi connectivity index (χ4n) is 6.07. The van der Waals surface area contributed by atoms with Crippen molar-refractivity contribution in [2.45, 2.75) is 76.8 Å². The zero-order chi connectivity index (χ0) is 24.4. The largest absolute Gasteiger partial charge is 0.490 e. The molecule has 1 aliphatic carbocycles. The van der Waals surface area contributed by atoms with E-state index in [4.69, 9.17) is 9.47 Å². The average molecular weight is 477 g/mol. The van der Waals surface area contributed by atoms with Gasteiger partial charge in [-0.1, -0.05) is 43.9 Å². The second-order valence-electron chi connectivity index (χ2n) is 9.82. The number of nitrogens with one attached hydrogen (secondary N) is 1. The van der Waals surface area contributed by atoms with Gasteiger partial charge in [-0.2, -0.15) is 0 Å². The highest BCUT2D eigenvalue weighted by Gasteiger charge is 2.47. The number of ether oxygens (including phenoxy) is 2. The minimum atomic E-state index is -0.460. The van der Waals surface area contributed by atoms with Gasteiger partial charge < -0.3 is 19.7 Å². The molecule has 0 aromatic heterocycles. The summed E-state index contributed by atoms with van der Waals surface area (Å²) in [5.74, 6) is 0.958. The van der Waals surface area contributed by atoms with E-state index < -0.39 is 5.92 Å². The summed E-state index contributed by atoms with van der Waals surface area (Å²) < 4.78 is 11.8. The summed E-state index contributed by atoms with van der Waals surface area (Å²) in [7, 11) is 0. The van der Waals surface area contributed by atoms with Gasteiger partial charge in [0.2, 0.25) is 5.91 Å². The zero-order valence-corrected chi connectivity index (χ0v) is 20.8. The van der Waals surface area contributed by atoms with Crippen LogP contribution in [0.3, 0.4) is 0 Å². The lowest BCUT2D eigenvalue weighted by Gasteiger charge is -2.45. The lowest BCUT2D eigenvalue weighted by atomic mass is 9.75. The van der Waals surface area contributed by atoms with Crippen LogP contribution in [-0.2, 0) is 11.2 Å².